The van der Waals surface area contributed by atoms with Crippen molar-refractivity contribution in [2.24, 2.45) is 22.7 Å². The molecular weight excluding hydrogens is 204 g/mol. The first-order valence-electron chi connectivity index (χ1n) is 6.19. The predicted molar refractivity (Wildman–Crippen MR) is 57.6 cm³/mol. The molecule has 3 saturated carbocycles. The minimum atomic E-state index is -0.333. The molecule has 0 N–H and O–H groups in total. The summed E-state index contributed by atoms with van der Waals surface area (Å²) >= 11 is 0. The van der Waals surface area contributed by atoms with Crippen LogP contribution in [0.5, 0.6) is 0 Å². The first-order chi connectivity index (χ1) is 7.58. The molecule has 3 fully saturated rings. The first kappa shape index (κ1) is 10.3. The molecule has 3 nitrogen and oxygen atoms in total. The Hall–Kier alpha value is -0.860. The summed E-state index contributed by atoms with van der Waals surface area (Å²) in [5.41, 5.74) is -0.338. The van der Waals surface area contributed by atoms with Gasteiger partial charge in [-0.25, -0.2) is 0 Å². The van der Waals surface area contributed by atoms with Gasteiger partial charge in [0, 0.05) is 12.3 Å². The zero-order chi connectivity index (χ0) is 11.6. The van der Waals surface area contributed by atoms with Gasteiger partial charge in [0.2, 0.25) is 0 Å². The van der Waals surface area contributed by atoms with Crippen LogP contribution in [0.3, 0.4) is 0 Å². The van der Waals surface area contributed by atoms with Crippen LogP contribution in [0, 0.1) is 22.7 Å². The number of ketones is 1. The van der Waals surface area contributed by atoms with E-state index in [0.717, 1.165) is 25.7 Å². The lowest BCUT2D eigenvalue weighted by atomic mass is 9.63. The van der Waals surface area contributed by atoms with Gasteiger partial charge in [0.25, 0.3) is 0 Å². The Morgan fingerprint density at radius 2 is 2.19 bits per heavy atom. The third-order valence-electron chi connectivity index (χ3n) is 5.53. The Bertz CT molecular complexity index is 375. The summed E-state index contributed by atoms with van der Waals surface area (Å²) in [6.45, 7) is 2.15. The van der Waals surface area contributed by atoms with Crippen molar-refractivity contribution in [1.82, 2.24) is 0 Å². The smallest absolute Gasteiger partial charge is 0.312 e. The van der Waals surface area contributed by atoms with Gasteiger partial charge in [0.1, 0.15) is 5.78 Å². The molecule has 0 bridgehead atoms. The van der Waals surface area contributed by atoms with Crippen LogP contribution >= 0.6 is 0 Å². The number of carbonyl (C=O) groups is 2. The Morgan fingerprint density at radius 1 is 1.44 bits per heavy atom. The van der Waals surface area contributed by atoms with Gasteiger partial charge in [-0.1, -0.05) is 6.92 Å². The molecule has 3 aliphatic carbocycles. The minimum absolute atomic E-state index is 0.00512. The second-order valence-corrected chi connectivity index (χ2v) is 5.78. The molecule has 3 heteroatoms. The average molecular weight is 222 g/mol. The largest absolute Gasteiger partial charge is 0.469 e. The summed E-state index contributed by atoms with van der Waals surface area (Å²) in [5, 5.41) is 0. The highest BCUT2D eigenvalue weighted by Crippen LogP contribution is 2.77. The van der Waals surface area contributed by atoms with Crippen molar-refractivity contribution in [2.75, 3.05) is 7.11 Å². The molecule has 0 radical (unpaired) electrons. The third-order valence-corrected chi connectivity index (χ3v) is 5.53. The van der Waals surface area contributed by atoms with E-state index in [1.807, 2.05) is 0 Å². The van der Waals surface area contributed by atoms with E-state index in [0.29, 0.717) is 18.1 Å². The lowest BCUT2D eigenvalue weighted by Crippen LogP contribution is -2.45. The molecule has 0 amide bonds. The molecule has 0 aromatic rings. The van der Waals surface area contributed by atoms with Crippen LogP contribution in [0.25, 0.3) is 0 Å². The number of methoxy groups -OCH3 is 1. The van der Waals surface area contributed by atoms with Crippen molar-refractivity contribution in [1.29, 1.82) is 0 Å². The molecule has 16 heavy (non-hydrogen) atoms. The van der Waals surface area contributed by atoms with Crippen LogP contribution < -0.4 is 0 Å². The lowest BCUT2D eigenvalue weighted by Gasteiger charge is -2.39. The molecule has 0 saturated heterocycles. The maximum absolute atomic E-state index is 12.2. The molecule has 0 aromatic heterocycles. The third kappa shape index (κ3) is 0.871. The van der Waals surface area contributed by atoms with Gasteiger partial charge >= 0.3 is 5.97 Å². The Morgan fingerprint density at radius 3 is 2.88 bits per heavy atom. The fourth-order valence-electron chi connectivity index (χ4n) is 4.61. The van der Waals surface area contributed by atoms with Crippen LogP contribution in [0.1, 0.15) is 39.0 Å². The van der Waals surface area contributed by atoms with Gasteiger partial charge in [-0.3, -0.25) is 9.59 Å². The monoisotopic (exact) mass is 222 g/mol. The zero-order valence-electron chi connectivity index (χ0n) is 9.91. The molecule has 0 unspecified atom stereocenters. The van der Waals surface area contributed by atoms with Crippen molar-refractivity contribution in [3.8, 4) is 0 Å². The van der Waals surface area contributed by atoms with E-state index < -0.39 is 0 Å². The van der Waals surface area contributed by atoms with Crippen LogP contribution in [0.4, 0.5) is 0 Å². The van der Waals surface area contributed by atoms with Gasteiger partial charge in [-0.2, -0.15) is 0 Å². The van der Waals surface area contributed by atoms with E-state index in [1.54, 1.807) is 0 Å². The summed E-state index contributed by atoms with van der Waals surface area (Å²) in [4.78, 5) is 24.0. The van der Waals surface area contributed by atoms with Crippen molar-refractivity contribution in [3.05, 3.63) is 0 Å². The normalized spacial score (nSPS) is 49.5. The summed E-state index contributed by atoms with van der Waals surface area (Å²) in [6, 6.07) is 0. The molecule has 3 aliphatic rings. The van der Waals surface area contributed by atoms with E-state index in [9.17, 15) is 9.59 Å². The number of esters is 1. The maximum Gasteiger partial charge on any atom is 0.312 e. The van der Waals surface area contributed by atoms with Gasteiger partial charge in [-0.15, -0.1) is 0 Å². The molecule has 88 valence electrons. The molecule has 1 spiro atoms. The molecular formula is C13H18O3. The lowest BCUT2D eigenvalue weighted by molar-refractivity contribution is -0.162. The fraction of sp³-hybridized carbons (Fsp3) is 0.846. The van der Waals surface area contributed by atoms with Crippen molar-refractivity contribution in [3.63, 3.8) is 0 Å². The van der Waals surface area contributed by atoms with Gasteiger partial charge in [0.15, 0.2) is 0 Å². The predicted octanol–water partition coefficient (Wildman–Crippen LogP) is 1.94. The van der Waals surface area contributed by atoms with Crippen LogP contribution in [-0.4, -0.2) is 18.9 Å². The number of ether oxygens (including phenoxy) is 1. The number of rotatable bonds is 1. The summed E-state index contributed by atoms with van der Waals surface area (Å²) in [7, 11) is 1.48. The fourth-order valence-corrected chi connectivity index (χ4v) is 4.61. The van der Waals surface area contributed by atoms with Crippen LogP contribution in [-0.2, 0) is 14.3 Å². The number of Topliss-reactive ketones (excluding diaryl/α,β-unsaturated/α-hetero) is 1. The van der Waals surface area contributed by atoms with Crippen molar-refractivity contribution >= 4 is 11.8 Å². The molecule has 0 aromatic carbocycles. The molecule has 4 atom stereocenters. The number of hydrogen-bond donors (Lipinski definition) is 0. The Kier molecular flexibility index (Phi) is 1.85. The van der Waals surface area contributed by atoms with E-state index >= 15 is 0 Å². The van der Waals surface area contributed by atoms with E-state index in [4.69, 9.17) is 4.74 Å². The Balaban J connectivity index is 2.06. The second kappa shape index (κ2) is 2.88. The molecule has 0 heterocycles. The number of hydrogen-bond acceptors (Lipinski definition) is 3. The Labute approximate surface area is 95.5 Å². The van der Waals surface area contributed by atoms with Crippen molar-refractivity contribution < 1.29 is 14.3 Å². The van der Waals surface area contributed by atoms with E-state index in [-0.39, 0.29) is 22.7 Å². The SMILES string of the molecule is COC(=O)[C@@]12CCC(=O)[C@H]3C[C@]31CC[C@H]2C. The van der Waals surface area contributed by atoms with E-state index in [1.165, 1.54) is 7.11 Å². The maximum atomic E-state index is 12.2. The zero-order valence-corrected chi connectivity index (χ0v) is 9.91. The van der Waals surface area contributed by atoms with E-state index in [2.05, 4.69) is 6.92 Å². The number of carbonyl (C=O) groups excluding carboxylic acids is 2. The summed E-state index contributed by atoms with van der Waals surface area (Å²) in [6.07, 6.45) is 4.34. The highest BCUT2D eigenvalue weighted by molar-refractivity contribution is 5.92. The highest BCUT2D eigenvalue weighted by atomic mass is 16.5. The average Bonchev–Trinajstić information content (AvgIpc) is 2.96. The first-order valence-corrected chi connectivity index (χ1v) is 6.19. The van der Waals surface area contributed by atoms with Gasteiger partial charge in [-0.05, 0) is 37.0 Å². The van der Waals surface area contributed by atoms with Crippen LogP contribution in [0.15, 0.2) is 0 Å². The summed E-state index contributed by atoms with van der Waals surface area (Å²) in [5.74, 6) is 0.865. The quantitative estimate of drug-likeness (QED) is 0.637. The topological polar surface area (TPSA) is 43.4 Å². The minimum Gasteiger partial charge on any atom is -0.469 e. The highest BCUT2D eigenvalue weighted by Gasteiger charge is 2.77. The second-order valence-electron chi connectivity index (χ2n) is 5.78. The van der Waals surface area contributed by atoms with Crippen LogP contribution in [0.2, 0.25) is 0 Å². The molecule has 3 rings (SSSR count). The van der Waals surface area contributed by atoms with Gasteiger partial charge < -0.3 is 4.74 Å². The summed E-state index contributed by atoms with van der Waals surface area (Å²) < 4.78 is 5.04. The van der Waals surface area contributed by atoms with Crippen molar-refractivity contribution in [2.45, 2.75) is 39.0 Å². The standard InChI is InChI=1S/C13H18O3/c1-8-3-5-12-7-9(12)10(14)4-6-13(8,12)11(15)16-2/h8-9H,3-7H2,1-2H3/t8-,9-,12-,13+/m1/s1. The molecule has 0 aliphatic heterocycles. The van der Waals surface area contributed by atoms with Gasteiger partial charge in [0.05, 0.1) is 12.5 Å².